The van der Waals surface area contributed by atoms with Gasteiger partial charge in [0.2, 0.25) is 5.89 Å². The molecule has 106 valence electrons. The largest absolute Gasteiger partial charge is 0.465 e. The molecule has 0 N–H and O–H groups in total. The van der Waals surface area contributed by atoms with Gasteiger partial charge < -0.3 is 9.15 Å². The van der Waals surface area contributed by atoms with Gasteiger partial charge in [-0.3, -0.25) is 0 Å². The third-order valence-corrected chi connectivity index (χ3v) is 3.23. The summed E-state index contributed by atoms with van der Waals surface area (Å²) in [5, 5.41) is 0. The molecule has 0 radical (unpaired) electrons. The highest BCUT2D eigenvalue weighted by atomic mass is 16.5. The molecule has 1 aromatic carbocycles. The highest BCUT2D eigenvalue weighted by Crippen LogP contribution is 2.39. The smallest absolute Gasteiger partial charge is 0.337 e. The number of oxazole rings is 1. The van der Waals surface area contributed by atoms with Crippen LogP contribution >= 0.6 is 0 Å². The Kier molecular flexibility index (Phi) is 3.93. The van der Waals surface area contributed by atoms with E-state index in [1.165, 1.54) is 7.11 Å². The molecule has 1 unspecified atom stereocenters. The standard InChI is InChI=1S/C16H19NO3/c1-16(2,3)13(14-17-9-10-20-14)11-5-7-12(8-6-11)15(18)19-4/h5-10,13H,1-4H3. The van der Waals surface area contributed by atoms with Crippen LogP contribution in [0.3, 0.4) is 0 Å². The van der Waals surface area contributed by atoms with Crippen LogP contribution in [-0.2, 0) is 4.74 Å². The number of aromatic nitrogens is 1. The van der Waals surface area contributed by atoms with Crippen molar-refractivity contribution in [1.82, 2.24) is 4.98 Å². The number of rotatable bonds is 3. The maximum absolute atomic E-state index is 11.5. The van der Waals surface area contributed by atoms with Crippen LogP contribution in [0.1, 0.15) is 48.5 Å². The number of methoxy groups -OCH3 is 1. The second-order valence-corrected chi connectivity index (χ2v) is 5.78. The number of benzene rings is 1. The summed E-state index contributed by atoms with van der Waals surface area (Å²) in [6, 6.07) is 7.38. The minimum atomic E-state index is -0.333. The molecule has 0 saturated carbocycles. The monoisotopic (exact) mass is 273 g/mol. The van der Waals surface area contributed by atoms with E-state index in [1.807, 2.05) is 12.1 Å². The van der Waals surface area contributed by atoms with Gasteiger partial charge in [0.1, 0.15) is 6.26 Å². The zero-order chi connectivity index (χ0) is 14.8. The molecule has 4 nitrogen and oxygen atoms in total. The number of ether oxygens (including phenoxy) is 1. The van der Waals surface area contributed by atoms with Gasteiger partial charge in [-0.2, -0.15) is 0 Å². The summed E-state index contributed by atoms with van der Waals surface area (Å²) in [7, 11) is 1.38. The molecule has 0 fully saturated rings. The lowest BCUT2D eigenvalue weighted by atomic mass is 9.76. The van der Waals surface area contributed by atoms with Crippen LogP contribution in [-0.4, -0.2) is 18.1 Å². The van der Waals surface area contributed by atoms with E-state index in [-0.39, 0.29) is 17.3 Å². The second-order valence-electron chi connectivity index (χ2n) is 5.78. The van der Waals surface area contributed by atoms with Crippen LogP contribution in [0, 0.1) is 5.41 Å². The van der Waals surface area contributed by atoms with Crippen molar-refractivity contribution in [1.29, 1.82) is 0 Å². The van der Waals surface area contributed by atoms with Gasteiger partial charge in [0.05, 0.1) is 24.8 Å². The quantitative estimate of drug-likeness (QED) is 0.801. The molecule has 0 aliphatic carbocycles. The number of carbonyl (C=O) groups is 1. The van der Waals surface area contributed by atoms with Gasteiger partial charge in [-0.1, -0.05) is 32.9 Å². The van der Waals surface area contributed by atoms with E-state index < -0.39 is 0 Å². The van der Waals surface area contributed by atoms with Crippen molar-refractivity contribution < 1.29 is 13.9 Å². The minimum absolute atomic E-state index is 0.0317. The van der Waals surface area contributed by atoms with Gasteiger partial charge in [-0.15, -0.1) is 0 Å². The van der Waals surface area contributed by atoms with Gasteiger partial charge >= 0.3 is 5.97 Å². The maximum Gasteiger partial charge on any atom is 0.337 e. The molecule has 0 bridgehead atoms. The average Bonchev–Trinajstić information content (AvgIpc) is 2.91. The van der Waals surface area contributed by atoms with Crippen molar-refractivity contribution in [3.63, 3.8) is 0 Å². The molecular weight excluding hydrogens is 254 g/mol. The number of carbonyl (C=O) groups excluding carboxylic acids is 1. The summed E-state index contributed by atoms with van der Waals surface area (Å²) in [4.78, 5) is 15.7. The van der Waals surface area contributed by atoms with Crippen LogP contribution < -0.4 is 0 Å². The highest BCUT2D eigenvalue weighted by molar-refractivity contribution is 5.89. The predicted molar refractivity (Wildman–Crippen MR) is 75.6 cm³/mol. The van der Waals surface area contributed by atoms with Gasteiger partial charge in [0, 0.05) is 0 Å². The van der Waals surface area contributed by atoms with E-state index in [9.17, 15) is 4.79 Å². The number of nitrogens with zero attached hydrogens (tertiary/aromatic N) is 1. The zero-order valence-electron chi connectivity index (χ0n) is 12.2. The summed E-state index contributed by atoms with van der Waals surface area (Å²) < 4.78 is 10.2. The van der Waals surface area contributed by atoms with Crippen LogP contribution in [0.15, 0.2) is 41.1 Å². The fourth-order valence-electron chi connectivity index (χ4n) is 2.32. The Morgan fingerprint density at radius 1 is 1.25 bits per heavy atom. The van der Waals surface area contributed by atoms with E-state index in [0.717, 1.165) is 5.56 Å². The van der Waals surface area contributed by atoms with Crippen molar-refractivity contribution in [3.05, 3.63) is 53.7 Å². The van der Waals surface area contributed by atoms with Crippen molar-refractivity contribution in [2.24, 2.45) is 5.41 Å². The average molecular weight is 273 g/mol. The molecule has 1 atom stereocenters. The summed E-state index contributed by atoms with van der Waals surface area (Å²) in [6.07, 6.45) is 3.23. The molecule has 2 rings (SSSR count). The Morgan fingerprint density at radius 3 is 2.35 bits per heavy atom. The van der Waals surface area contributed by atoms with Gasteiger partial charge in [-0.25, -0.2) is 9.78 Å². The first-order valence-corrected chi connectivity index (χ1v) is 6.51. The number of esters is 1. The lowest BCUT2D eigenvalue weighted by Crippen LogP contribution is -2.20. The van der Waals surface area contributed by atoms with Gasteiger partial charge in [0.15, 0.2) is 0 Å². The van der Waals surface area contributed by atoms with Crippen LogP contribution in [0.2, 0.25) is 0 Å². The van der Waals surface area contributed by atoms with Crippen LogP contribution in [0.4, 0.5) is 0 Å². The van der Waals surface area contributed by atoms with E-state index in [0.29, 0.717) is 11.5 Å². The molecule has 4 heteroatoms. The fraction of sp³-hybridized carbons (Fsp3) is 0.375. The molecule has 0 amide bonds. The number of hydrogen-bond donors (Lipinski definition) is 0. The summed E-state index contributed by atoms with van der Waals surface area (Å²) in [5.74, 6) is 0.382. The Labute approximate surface area is 118 Å². The molecule has 0 aliphatic heterocycles. The first-order chi connectivity index (χ1) is 9.43. The Morgan fingerprint density at radius 2 is 1.90 bits per heavy atom. The molecule has 2 aromatic rings. The highest BCUT2D eigenvalue weighted by Gasteiger charge is 2.31. The lowest BCUT2D eigenvalue weighted by molar-refractivity contribution is 0.0600. The van der Waals surface area contributed by atoms with Crippen molar-refractivity contribution >= 4 is 5.97 Å². The normalized spacial score (nSPS) is 13.0. The second kappa shape index (κ2) is 5.49. The van der Waals surface area contributed by atoms with Gasteiger partial charge in [-0.05, 0) is 23.1 Å². The summed E-state index contributed by atoms with van der Waals surface area (Å²) in [5.41, 5.74) is 1.56. The molecular formula is C16H19NO3. The Bertz CT molecular complexity index is 565. The van der Waals surface area contributed by atoms with E-state index in [4.69, 9.17) is 9.15 Å². The fourth-order valence-corrected chi connectivity index (χ4v) is 2.32. The Balaban J connectivity index is 2.38. The summed E-state index contributed by atoms with van der Waals surface area (Å²) >= 11 is 0. The predicted octanol–water partition coefficient (Wildman–Crippen LogP) is 3.64. The number of hydrogen-bond acceptors (Lipinski definition) is 4. The molecule has 0 spiro atoms. The molecule has 1 heterocycles. The topological polar surface area (TPSA) is 52.3 Å². The van der Waals surface area contributed by atoms with Crippen LogP contribution in [0.5, 0.6) is 0 Å². The SMILES string of the molecule is COC(=O)c1ccc(C(c2ncco2)C(C)(C)C)cc1. The van der Waals surface area contributed by atoms with E-state index in [1.54, 1.807) is 24.6 Å². The van der Waals surface area contributed by atoms with Crippen LogP contribution in [0.25, 0.3) is 0 Å². The zero-order valence-corrected chi connectivity index (χ0v) is 12.2. The van der Waals surface area contributed by atoms with E-state index in [2.05, 4.69) is 25.8 Å². The Hall–Kier alpha value is -2.10. The molecule has 0 saturated heterocycles. The van der Waals surface area contributed by atoms with Crippen molar-refractivity contribution in [2.75, 3.05) is 7.11 Å². The van der Waals surface area contributed by atoms with Gasteiger partial charge in [0.25, 0.3) is 0 Å². The lowest BCUT2D eigenvalue weighted by Gasteiger charge is -2.28. The maximum atomic E-state index is 11.5. The molecule has 0 aliphatic rings. The van der Waals surface area contributed by atoms with E-state index >= 15 is 0 Å². The third-order valence-electron chi connectivity index (χ3n) is 3.23. The van der Waals surface area contributed by atoms with Crippen molar-refractivity contribution in [2.45, 2.75) is 26.7 Å². The minimum Gasteiger partial charge on any atom is -0.465 e. The molecule has 20 heavy (non-hydrogen) atoms. The third kappa shape index (κ3) is 2.90. The summed E-state index contributed by atoms with van der Waals surface area (Å²) in [6.45, 7) is 6.41. The van der Waals surface area contributed by atoms with Crippen molar-refractivity contribution in [3.8, 4) is 0 Å². The first-order valence-electron chi connectivity index (χ1n) is 6.51. The molecule has 1 aromatic heterocycles. The first kappa shape index (κ1) is 14.3.